The summed E-state index contributed by atoms with van der Waals surface area (Å²) in [6, 6.07) is 7.11. The molecule has 0 radical (unpaired) electrons. The Bertz CT molecular complexity index is 472. The summed E-state index contributed by atoms with van der Waals surface area (Å²) in [4.78, 5) is 2.46. The highest BCUT2D eigenvalue weighted by molar-refractivity contribution is 5.44. The van der Waals surface area contributed by atoms with Gasteiger partial charge in [-0.3, -0.25) is 4.90 Å². The molecule has 2 rings (SSSR count). The van der Waals surface area contributed by atoms with Gasteiger partial charge in [-0.2, -0.15) is 0 Å². The highest BCUT2D eigenvalue weighted by atomic mass is 16.5. The number of ether oxygens (including phenoxy) is 2. The second-order valence-corrected chi connectivity index (χ2v) is 6.28. The van der Waals surface area contributed by atoms with Crippen molar-refractivity contribution in [3.63, 3.8) is 0 Å². The standard InChI is InChI=1S/C19H32N2O2/c1-4-22-18-12-11-15(13-19(18)23-5-2)17(14-20)21(3)16-9-7-6-8-10-16/h11-13,16-17H,4-10,14,20H2,1-3H3. The fourth-order valence-corrected chi connectivity index (χ4v) is 3.56. The highest BCUT2D eigenvalue weighted by Crippen LogP contribution is 2.34. The maximum Gasteiger partial charge on any atom is 0.161 e. The van der Waals surface area contributed by atoms with Crippen molar-refractivity contribution in [3.8, 4) is 11.5 Å². The van der Waals surface area contributed by atoms with E-state index < -0.39 is 0 Å². The van der Waals surface area contributed by atoms with Crippen LogP contribution in [0.25, 0.3) is 0 Å². The van der Waals surface area contributed by atoms with Crippen molar-refractivity contribution in [2.45, 2.75) is 58.0 Å². The normalized spacial score (nSPS) is 17.3. The van der Waals surface area contributed by atoms with E-state index >= 15 is 0 Å². The van der Waals surface area contributed by atoms with Gasteiger partial charge in [-0.15, -0.1) is 0 Å². The largest absolute Gasteiger partial charge is 0.490 e. The van der Waals surface area contributed by atoms with Gasteiger partial charge >= 0.3 is 0 Å². The minimum absolute atomic E-state index is 0.230. The van der Waals surface area contributed by atoms with E-state index in [2.05, 4.69) is 24.1 Å². The molecule has 1 unspecified atom stereocenters. The molecule has 4 nitrogen and oxygen atoms in total. The number of benzene rings is 1. The van der Waals surface area contributed by atoms with Crippen LogP contribution in [0.4, 0.5) is 0 Å². The summed E-state index contributed by atoms with van der Waals surface area (Å²) in [6.45, 7) is 5.88. The fraction of sp³-hybridized carbons (Fsp3) is 0.684. The third-order valence-corrected chi connectivity index (χ3v) is 4.82. The molecule has 1 aromatic carbocycles. The molecule has 1 aromatic rings. The van der Waals surface area contributed by atoms with Crippen LogP contribution in [0.15, 0.2) is 18.2 Å². The first kappa shape index (κ1) is 18.1. The van der Waals surface area contributed by atoms with Crippen molar-refractivity contribution in [3.05, 3.63) is 23.8 Å². The molecule has 1 fully saturated rings. The second-order valence-electron chi connectivity index (χ2n) is 6.28. The zero-order valence-corrected chi connectivity index (χ0v) is 14.9. The molecule has 0 heterocycles. The van der Waals surface area contributed by atoms with E-state index in [-0.39, 0.29) is 6.04 Å². The molecule has 0 bridgehead atoms. The average molecular weight is 320 g/mol. The van der Waals surface area contributed by atoms with Crippen molar-refractivity contribution in [2.75, 3.05) is 26.8 Å². The lowest BCUT2D eigenvalue weighted by atomic mass is 9.92. The summed E-state index contributed by atoms with van der Waals surface area (Å²) in [5, 5.41) is 0. The van der Waals surface area contributed by atoms with Gasteiger partial charge in [0.25, 0.3) is 0 Å². The fourth-order valence-electron chi connectivity index (χ4n) is 3.56. The van der Waals surface area contributed by atoms with E-state index in [9.17, 15) is 0 Å². The first-order chi connectivity index (χ1) is 11.2. The quantitative estimate of drug-likeness (QED) is 0.792. The smallest absolute Gasteiger partial charge is 0.161 e. The van der Waals surface area contributed by atoms with Gasteiger partial charge in [-0.1, -0.05) is 25.3 Å². The van der Waals surface area contributed by atoms with Crippen LogP contribution >= 0.6 is 0 Å². The molecule has 1 atom stereocenters. The monoisotopic (exact) mass is 320 g/mol. The minimum atomic E-state index is 0.230. The minimum Gasteiger partial charge on any atom is -0.490 e. The van der Waals surface area contributed by atoms with Gasteiger partial charge in [-0.05, 0) is 51.4 Å². The number of likely N-dealkylation sites (N-methyl/N-ethyl adjacent to an activating group) is 1. The van der Waals surface area contributed by atoms with Gasteiger partial charge in [0.15, 0.2) is 11.5 Å². The number of rotatable bonds is 8. The summed E-state index contributed by atoms with van der Waals surface area (Å²) >= 11 is 0. The van der Waals surface area contributed by atoms with Crippen LogP contribution in [0.5, 0.6) is 11.5 Å². The Labute approximate surface area is 140 Å². The molecule has 0 aliphatic heterocycles. The molecule has 23 heavy (non-hydrogen) atoms. The Morgan fingerprint density at radius 2 is 1.74 bits per heavy atom. The molecule has 1 aliphatic rings. The lowest BCUT2D eigenvalue weighted by Gasteiger charge is -2.37. The zero-order chi connectivity index (χ0) is 16.7. The summed E-state index contributed by atoms with van der Waals surface area (Å²) in [7, 11) is 2.21. The van der Waals surface area contributed by atoms with Crippen molar-refractivity contribution >= 4 is 0 Å². The first-order valence-corrected chi connectivity index (χ1v) is 9.02. The van der Waals surface area contributed by atoms with Gasteiger partial charge in [0.1, 0.15) is 0 Å². The third-order valence-electron chi connectivity index (χ3n) is 4.82. The van der Waals surface area contributed by atoms with Crippen molar-refractivity contribution in [1.82, 2.24) is 4.90 Å². The Balaban J connectivity index is 2.20. The van der Waals surface area contributed by atoms with Gasteiger partial charge in [0.2, 0.25) is 0 Å². The van der Waals surface area contributed by atoms with Gasteiger partial charge in [0.05, 0.1) is 13.2 Å². The Kier molecular flexibility index (Phi) is 7.18. The molecule has 4 heteroatoms. The number of hydrogen-bond donors (Lipinski definition) is 1. The molecular weight excluding hydrogens is 288 g/mol. The molecular formula is C19H32N2O2. The summed E-state index contributed by atoms with van der Waals surface area (Å²) < 4.78 is 11.4. The van der Waals surface area contributed by atoms with E-state index in [1.807, 2.05) is 19.9 Å². The maximum atomic E-state index is 6.12. The van der Waals surface area contributed by atoms with Crippen LogP contribution in [0.3, 0.4) is 0 Å². The van der Waals surface area contributed by atoms with E-state index in [0.717, 1.165) is 11.5 Å². The second kappa shape index (κ2) is 9.14. The van der Waals surface area contributed by atoms with E-state index in [4.69, 9.17) is 15.2 Å². The highest BCUT2D eigenvalue weighted by Gasteiger charge is 2.25. The molecule has 1 aliphatic carbocycles. The lowest BCUT2D eigenvalue weighted by molar-refractivity contribution is 0.140. The van der Waals surface area contributed by atoms with Crippen LogP contribution < -0.4 is 15.2 Å². The topological polar surface area (TPSA) is 47.7 Å². The van der Waals surface area contributed by atoms with Crippen LogP contribution in [-0.4, -0.2) is 37.7 Å². The first-order valence-electron chi connectivity index (χ1n) is 9.02. The van der Waals surface area contributed by atoms with E-state index in [1.54, 1.807) is 0 Å². The predicted molar refractivity (Wildman–Crippen MR) is 95.2 cm³/mol. The molecule has 0 amide bonds. The van der Waals surface area contributed by atoms with Gasteiger partial charge < -0.3 is 15.2 Å². The summed E-state index contributed by atoms with van der Waals surface area (Å²) in [5.74, 6) is 1.64. The number of nitrogens with two attached hydrogens (primary N) is 1. The Morgan fingerprint density at radius 1 is 1.09 bits per heavy atom. The predicted octanol–water partition coefficient (Wildman–Crippen LogP) is 3.75. The molecule has 2 N–H and O–H groups in total. The van der Waals surface area contributed by atoms with E-state index in [1.165, 1.54) is 37.7 Å². The molecule has 1 saturated carbocycles. The third kappa shape index (κ3) is 4.61. The Morgan fingerprint density at radius 3 is 2.35 bits per heavy atom. The van der Waals surface area contributed by atoms with Crippen LogP contribution in [-0.2, 0) is 0 Å². The summed E-state index contributed by atoms with van der Waals surface area (Å²) in [6.07, 6.45) is 6.60. The van der Waals surface area contributed by atoms with Crippen LogP contribution in [0.1, 0.15) is 57.6 Å². The van der Waals surface area contributed by atoms with Gasteiger partial charge in [-0.25, -0.2) is 0 Å². The number of hydrogen-bond acceptors (Lipinski definition) is 4. The van der Waals surface area contributed by atoms with E-state index in [0.29, 0.717) is 25.8 Å². The molecule has 0 spiro atoms. The molecule has 130 valence electrons. The van der Waals surface area contributed by atoms with Crippen LogP contribution in [0, 0.1) is 0 Å². The number of nitrogens with zero attached hydrogens (tertiary/aromatic N) is 1. The summed E-state index contributed by atoms with van der Waals surface area (Å²) in [5.41, 5.74) is 7.33. The van der Waals surface area contributed by atoms with Crippen LogP contribution in [0.2, 0.25) is 0 Å². The Hall–Kier alpha value is -1.26. The molecule has 0 saturated heterocycles. The maximum absolute atomic E-state index is 6.12. The SMILES string of the molecule is CCOc1ccc(C(CN)N(C)C2CCCCC2)cc1OCC. The lowest BCUT2D eigenvalue weighted by Crippen LogP contribution is -2.39. The zero-order valence-electron chi connectivity index (χ0n) is 14.9. The van der Waals surface area contributed by atoms with Crippen molar-refractivity contribution in [2.24, 2.45) is 5.73 Å². The average Bonchev–Trinajstić information content (AvgIpc) is 2.59. The molecule has 0 aromatic heterocycles. The van der Waals surface area contributed by atoms with Gasteiger partial charge in [0, 0.05) is 18.6 Å². The van der Waals surface area contributed by atoms with Crippen molar-refractivity contribution in [1.29, 1.82) is 0 Å². The van der Waals surface area contributed by atoms with Crippen molar-refractivity contribution < 1.29 is 9.47 Å².